The van der Waals surface area contributed by atoms with Crippen LogP contribution >= 0.6 is 0 Å². The molecule has 0 unspecified atom stereocenters. The zero-order valence-electron chi connectivity index (χ0n) is 11.4. The maximum atomic E-state index is 13.0. The normalized spacial score (nSPS) is 17.2. The number of carbonyl (C=O) groups is 1. The van der Waals surface area contributed by atoms with E-state index < -0.39 is 0 Å². The van der Waals surface area contributed by atoms with Gasteiger partial charge in [0.15, 0.2) is 0 Å². The van der Waals surface area contributed by atoms with Crippen molar-refractivity contribution in [3.8, 4) is 0 Å². The van der Waals surface area contributed by atoms with Gasteiger partial charge in [0.2, 0.25) is 0 Å². The Morgan fingerprint density at radius 1 is 1.37 bits per heavy atom. The SMILES string of the molecule is Cc1cc(F)ccc1NC(=O)NC1CCN(C)CC1. The molecule has 1 saturated heterocycles. The Hall–Kier alpha value is -1.62. The molecule has 4 nitrogen and oxygen atoms in total. The summed E-state index contributed by atoms with van der Waals surface area (Å²) < 4.78 is 13.0. The Kier molecular flexibility index (Phi) is 4.37. The number of piperidine rings is 1. The number of likely N-dealkylation sites (tertiary alicyclic amines) is 1. The van der Waals surface area contributed by atoms with Crippen LogP contribution in [0.15, 0.2) is 18.2 Å². The number of halogens is 1. The van der Waals surface area contributed by atoms with Gasteiger partial charge in [-0.05, 0) is 63.7 Å². The van der Waals surface area contributed by atoms with Crippen molar-refractivity contribution in [2.75, 3.05) is 25.5 Å². The van der Waals surface area contributed by atoms with E-state index in [1.165, 1.54) is 12.1 Å². The minimum absolute atomic E-state index is 0.218. The third-order valence-corrected chi connectivity index (χ3v) is 3.49. The van der Waals surface area contributed by atoms with Crippen LogP contribution in [0.25, 0.3) is 0 Å². The number of amides is 2. The number of hydrogen-bond acceptors (Lipinski definition) is 2. The van der Waals surface area contributed by atoms with E-state index in [1.807, 2.05) is 0 Å². The molecule has 19 heavy (non-hydrogen) atoms. The van der Waals surface area contributed by atoms with Crippen molar-refractivity contribution in [2.45, 2.75) is 25.8 Å². The second kappa shape index (κ2) is 6.02. The molecule has 5 heteroatoms. The zero-order chi connectivity index (χ0) is 13.8. The van der Waals surface area contributed by atoms with Crippen LogP contribution in [0.2, 0.25) is 0 Å². The number of rotatable bonds is 2. The van der Waals surface area contributed by atoms with Crippen molar-refractivity contribution >= 4 is 11.7 Å². The minimum atomic E-state index is -0.293. The monoisotopic (exact) mass is 265 g/mol. The molecule has 2 amide bonds. The van der Waals surface area contributed by atoms with Crippen molar-refractivity contribution in [3.63, 3.8) is 0 Å². The molecule has 0 aromatic heterocycles. The number of nitrogens with zero attached hydrogens (tertiary/aromatic N) is 1. The number of aryl methyl sites for hydroxylation is 1. The summed E-state index contributed by atoms with van der Waals surface area (Å²) in [5.74, 6) is -0.293. The van der Waals surface area contributed by atoms with Crippen LogP contribution in [-0.4, -0.2) is 37.1 Å². The highest BCUT2D eigenvalue weighted by Gasteiger charge is 2.18. The van der Waals surface area contributed by atoms with E-state index in [4.69, 9.17) is 0 Å². The minimum Gasteiger partial charge on any atom is -0.335 e. The Morgan fingerprint density at radius 3 is 2.68 bits per heavy atom. The number of benzene rings is 1. The smallest absolute Gasteiger partial charge is 0.319 e. The van der Waals surface area contributed by atoms with Gasteiger partial charge in [0.05, 0.1) is 0 Å². The molecule has 1 aliphatic heterocycles. The molecule has 0 radical (unpaired) electrons. The average Bonchev–Trinajstić information content (AvgIpc) is 2.36. The van der Waals surface area contributed by atoms with E-state index in [2.05, 4.69) is 22.6 Å². The van der Waals surface area contributed by atoms with Gasteiger partial charge in [0.1, 0.15) is 5.82 Å². The predicted molar refractivity (Wildman–Crippen MR) is 73.8 cm³/mol. The summed E-state index contributed by atoms with van der Waals surface area (Å²) in [6.07, 6.45) is 1.93. The van der Waals surface area contributed by atoms with Crippen molar-refractivity contribution in [1.82, 2.24) is 10.2 Å². The van der Waals surface area contributed by atoms with Crippen molar-refractivity contribution in [3.05, 3.63) is 29.6 Å². The molecule has 0 saturated carbocycles. The van der Waals surface area contributed by atoms with Crippen LogP contribution in [0, 0.1) is 12.7 Å². The lowest BCUT2D eigenvalue weighted by Gasteiger charge is -2.29. The average molecular weight is 265 g/mol. The van der Waals surface area contributed by atoms with E-state index in [1.54, 1.807) is 13.0 Å². The third-order valence-electron chi connectivity index (χ3n) is 3.49. The van der Waals surface area contributed by atoms with E-state index in [0.717, 1.165) is 31.5 Å². The summed E-state index contributed by atoms with van der Waals surface area (Å²) in [5.41, 5.74) is 1.37. The number of hydrogen-bond donors (Lipinski definition) is 2. The maximum absolute atomic E-state index is 13.0. The Morgan fingerprint density at radius 2 is 2.05 bits per heavy atom. The number of nitrogens with one attached hydrogen (secondary N) is 2. The molecular weight excluding hydrogens is 245 g/mol. The number of carbonyl (C=O) groups excluding carboxylic acids is 1. The molecule has 1 aromatic rings. The van der Waals surface area contributed by atoms with Crippen LogP contribution < -0.4 is 10.6 Å². The fourth-order valence-electron chi connectivity index (χ4n) is 2.26. The standard InChI is InChI=1S/C14H20FN3O/c1-10-9-11(15)3-4-13(10)17-14(19)16-12-5-7-18(2)8-6-12/h3-4,9,12H,5-8H2,1-2H3,(H2,16,17,19). The van der Waals surface area contributed by atoms with Crippen molar-refractivity contribution in [1.29, 1.82) is 0 Å². The zero-order valence-corrected chi connectivity index (χ0v) is 11.4. The van der Waals surface area contributed by atoms with Gasteiger partial charge in [-0.2, -0.15) is 0 Å². The lowest BCUT2D eigenvalue weighted by Crippen LogP contribution is -2.44. The largest absolute Gasteiger partial charge is 0.335 e. The molecule has 2 rings (SSSR count). The van der Waals surface area contributed by atoms with Crippen molar-refractivity contribution in [2.24, 2.45) is 0 Å². The van der Waals surface area contributed by atoms with Gasteiger partial charge >= 0.3 is 6.03 Å². The fraction of sp³-hybridized carbons (Fsp3) is 0.500. The lowest BCUT2D eigenvalue weighted by molar-refractivity contribution is 0.221. The highest BCUT2D eigenvalue weighted by molar-refractivity contribution is 5.90. The molecule has 1 aliphatic rings. The van der Waals surface area contributed by atoms with Crippen LogP contribution in [0.4, 0.5) is 14.9 Å². The van der Waals surface area contributed by atoms with Gasteiger partial charge in [-0.15, -0.1) is 0 Å². The molecule has 0 atom stereocenters. The summed E-state index contributed by atoms with van der Waals surface area (Å²) >= 11 is 0. The van der Waals surface area contributed by atoms with E-state index >= 15 is 0 Å². The molecule has 0 bridgehead atoms. The molecule has 1 heterocycles. The van der Waals surface area contributed by atoms with Gasteiger partial charge in [-0.3, -0.25) is 0 Å². The quantitative estimate of drug-likeness (QED) is 0.862. The molecule has 2 N–H and O–H groups in total. The summed E-state index contributed by atoms with van der Waals surface area (Å²) in [6.45, 7) is 3.77. The molecule has 104 valence electrons. The first kappa shape index (κ1) is 13.8. The van der Waals surface area contributed by atoms with Gasteiger partial charge in [-0.25, -0.2) is 9.18 Å². The Balaban J connectivity index is 1.87. The molecule has 1 fully saturated rings. The van der Waals surface area contributed by atoms with Crippen LogP contribution in [0.5, 0.6) is 0 Å². The molecule has 0 aliphatic carbocycles. The predicted octanol–water partition coefficient (Wildman–Crippen LogP) is 2.35. The van der Waals surface area contributed by atoms with E-state index in [0.29, 0.717) is 5.69 Å². The van der Waals surface area contributed by atoms with Gasteiger partial charge < -0.3 is 15.5 Å². The first-order valence-corrected chi connectivity index (χ1v) is 6.57. The molecule has 1 aromatic carbocycles. The van der Waals surface area contributed by atoms with Crippen LogP contribution in [0.1, 0.15) is 18.4 Å². The van der Waals surface area contributed by atoms with Gasteiger partial charge in [0, 0.05) is 11.7 Å². The first-order chi connectivity index (χ1) is 9.04. The first-order valence-electron chi connectivity index (χ1n) is 6.57. The summed E-state index contributed by atoms with van der Waals surface area (Å²) in [7, 11) is 2.08. The number of urea groups is 1. The number of anilines is 1. The second-order valence-electron chi connectivity index (χ2n) is 5.14. The second-order valence-corrected chi connectivity index (χ2v) is 5.14. The van der Waals surface area contributed by atoms with Crippen molar-refractivity contribution < 1.29 is 9.18 Å². The van der Waals surface area contributed by atoms with Gasteiger partial charge in [0.25, 0.3) is 0 Å². The third kappa shape index (κ3) is 3.92. The van der Waals surface area contributed by atoms with Crippen LogP contribution in [-0.2, 0) is 0 Å². The fourth-order valence-corrected chi connectivity index (χ4v) is 2.26. The van der Waals surface area contributed by atoms with E-state index in [9.17, 15) is 9.18 Å². The summed E-state index contributed by atoms with van der Waals surface area (Å²) in [5, 5.41) is 5.72. The maximum Gasteiger partial charge on any atom is 0.319 e. The highest BCUT2D eigenvalue weighted by Crippen LogP contribution is 2.16. The van der Waals surface area contributed by atoms with Gasteiger partial charge in [-0.1, -0.05) is 0 Å². The topological polar surface area (TPSA) is 44.4 Å². The van der Waals surface area contributed by atoms with E-state index in [-0.39, 0.29) is 17.9 Å². The molecular formula is C14H20FN3O. The Bertz CT molecular complexity index is 456. The highest BCUT2D eigenvalue weighted by atomic mass is 19.1. The van der Waals surface area contributed by atoms with Crippen LogP contribution in [0.3, 0.4) is 0 Å². The lowest BCUT2D eigenvalue weighted by atomic mass is 10.1. The summed E-state index contributed by atoms with van der Waals surface area (Å²) in [6, 6.07) is 4.34. The summed E-state index contributed by atoms with van der Waals surface area (Å²) in [4.78, 5) is 14.1. The Labute approximate surface area is 113 Å². The molecule has 0 spiro atoms.